The first-order valence-electron chi connectivity index (χ1n) is 21.7. The fourth-order valence-corrected chi connectivity index (χ4v) is 9.74. The van der Waals surface area contributed by atoms with Crippen molar-refractivity contribution in [3.8, 4) is 67.8 Å². The number of para-hydroxylation sites is 1. The van der Waals surface area contributed by atoms with Crippen LogP contribution in [0.5, 0.6) is 0 Å². The number of nitrogens with zero attached hydrogens (tertiary/aromatic N) is 5. The molecule has 10 aromatic carbocycles. The van der Waals surface area contributed by atoms with Crippen LogP contribution in [0.2, 0.25) is 0 Å². The summed E-state index contributed by atoms with van der Waals surface area (Å²) in [5.41, 5.74) is 14.5. The minimum atomic E-state index is 0.579. The van der Waals surface area contributed by atoms with Crippen LogP contribution in [-0.2, 0) is 0 Å². The first kappa shape index (κ1) is 36.0. The smallest absolute Gasteiger partial charge is 0.238 e. The highest BCUT2D eigenvalue weighted by Gasteiger charge is 2.22. The Morgan fingerprint density at radius 3 is 1.45 bits per heavy atom. The summed E-state index contributed by atoms with van der Waals surface area (Å²) in [7, 11) is 0. The summed E-state index contributed by atoms with van der Waals surface area (Å²) in [5.74, 6) is 1.84. The molecule has 13 rings (SSSR count). The number of hydrogen-bond donors (Lipinski definition) is 0. The monoisotopic (exact) mass is 815 g/mol. The lowest BCUT2D eigenvalue weighted by Crippen LogP contribution is -2.06. The van der Waals surface area contributed by atoms with Crippen LogP contribution in [0.1, 0.15) is 0 Å². The van der Waals surface area contributed by atoms with Crippen molar-refractivity contribution in [3.63, 3.8) is 0 Å². The van der Waals surface area contributed by atoms with Crippen LogP contribution >= 0.6 is 0 Å². The predicted octanol–water partition coefficient (Wildman–Crippen LogP) is 15.0. The average Bonchev–Trinajstić information content (AvgIpc) is 3.90. The van der Waals surface area contributed by atoms with E-state index in [1.807, 2.05) is 60.7 Å². The molecule has 0 saturated carbocycles. The Bertz CT molecular complexity index is 3760. The molecular formula is C59H37N5. The molecule has 0 atom stereocenters. The molecule has 5 nitrogen and oxygen atoms in total. The van der Waals surface area contributed by atoms with Gasteiger partial charge in [0.15, 0.2) is 11.6 Å². The van der Waals surface area contributed by atoms with Crippen molar-refractivity contribution in [2.45, 2.75) is 0 Å². The van der Waals surface area contributed by atoms with E-state index in [9.17, 15) is 0 Å². The van der Waals surface area contributed by atoms with Gasteiger partial charge in [0, 0.05) is 38.4 Å². The summed E-state index contributed by atoms with van der Waals surface area (Å²) >= 11 is 0. The van der Waals surface area contributed by atoms with E-state index in [1.165, 1.54) is 54.8 Å². The molecule has 0 fully saturated rings. The second-order valence-corrected chi connectivity index (χ2v) is 16.5. The minimum absolute atomic E-state index is 0.579. The van der Waals surface area contributed by atoms with Crippen LogP contribution < -0.4 is 0 Å². The number of aromatic nitrogens is 5. The molecule has 13 aromatic rings. The maximum Gasteiger partial charge on any atom is 0.238 e. The zero-order valence-corrected chi connectivity index (χ0v) is 34.6. The zero-order valence-electron chi connectivity index (χ0n) is 34.6. The highest BCUT2D eigenvalue weighted by Crippen LogP contribution is 2.43. The highest BCUT2D eigenvalue weighted by atomic mass is 15.2. The zero-order chi connectivity index (χ0) is 42.1. The Kier molecular flexibility index (Phi) is 8.15. The summed E-state index contributed by atoms with van der Waals surface area (Å²) in [4.78, 5) is 15.3. The van der Waals surface area contributed by atoms with Gasteiger partial charge in [0.05, 0.1) is 22.1 Å². The Hall–Kier alpha value is -8.67. The standard InChI is InChI=1S/C59H37N5/c1-5-16-38(17-6-1)45-33-46(39-18-7-2-8-19-39)35-48(34-45)63-53-27-15-24-40-28-29-44-32-47(37-54(63)56(44)55(40)53)43-30-31-52-50(36-43)49-25-13-14-26-51(49)64(52)59-61-57(41-20-9-3-10-21-41)60-58(62-59)42-22-11-4-12-23-42/h1-37H. The fourth-order valence-electron chi connectivity index (χ4n) is 9.74. The maximum atomic E-state index is 5.16. The molecule has 0 aliphatic carbocycles. The van der Waals surface area contributed by atoms with Gasteiger partial charge in [0.1, 0.15) is 0 Å². The van der Waals surface area contributed by atoms with E-state index in [1.54, 1.807) is 0 Å². The topological polar surface area (TPSA) is 48.5 Å². The normalized spacial score (nSPS) is 11.8. The van der Waals surface area contributed by atoms with Gasteiger partial charge in [0.2, 0.25) is 5.95 Å². The van der Waals surface area contributed by atoms with Gasteiger partial charge in [-0.15, -0.1) is 0 Å². The van der Waals surface area contributed by atoms with Crippen molar-refractivity contribution < 1.29 is 0 Å². The van der Waals surface area contributed by atoms with Crippen LogP contribution in [0, 0.1) is 0 Å². The maximum absolute atomic E-state index is 5.16. The van der Waals surface area contributed by atoms with E-state index >= 15 is 0 Å². The molecular weight excluding hydrogens is 779 g/mol. The molecule has 0 aliphatic heterocycles. The van der Waals surface area contributed by atoms with Crippen molar-refractivity contribution in [3.05, 3.63) is 224 Å². The second-order valence-electron chi connectivity index (χ2n) is 16.5. The van der Waals surface area contributed by atoms with E-state index in [4.69, 9.17) is 15.0 Å². The number of benzene rings is 10. The molecule has 3 aromatic heterocycles. The van der Waals surface area contributed by atoms with E-state index in [-0.39, 0.29) is 0 Å². The molecule has 5 heteroatoms. The van der Waals surface area contributed by atoms with Gasteiger partial charge >= 0.3 is 0 Å². The molecule has 0 bridgehead atoms. The van der Waals surface area contributed by atoms with Crippen LogP contribution in [0.3, 0.4) is 0 Å². The van der Waals surface area contributed by atoms with Crippen molar-refractivity contribution in [1.29, 1.82) is 0 Å². The SMILES string of the molecule is c1ccc(-c2cc(-c3ccccc3)cc(-n3c4cccc5ccc6cc(-c7ccc8c(c7)c7ccccc7n8-c7nc(-c8ccccc8)nc(-c8ccccc8)n7)cc3c6c54)c2)cc1. The third-order valence-corrected chi connectivity index (χ3v) is 12.7. The molecule has 0 amide bonds. The Morgan fingerprint density at radius 1 is 0.266 bits per heavy atom. The molecule has 0 spiro atoms. The van der Waals surface area contributed by atoms with Gasteiger partial charge in [-0.1, -0.05) is 170 Å². The summed E-state index contributed by atoms with van der Waals surface area (Å²) < 4.78 is 4.67. The first-order valence-corrected chi connectivity index (χ1v) is 21.7. The molecule has 3 heterocycles. The van der Waals surface area contributed by atoms with Crippen LogP contribution in [0.4, 0.5) is 0 Å². The minimum Gasteiger partial charge on any atom is -0.309 e. The molecule has 0 saturated heterocycles. The third-order valence-electron chi connectivity index (χ3n) is 12.7. The van der Waals surface area contributed by atoms with E-state index < -0.39 is 0 Å². The molecule has 0 radical (unpaired) electrons. The lowest BCUT2D eigenvalue weighted by Gasteiger charge is -2.14. The van der Waals surface area contributed by atoms with E-state index in [0.717, 1.165) is 49.7 Å². The molecule has 0 N–H and O–H groups in total. The molecule has 298 valence electrons. The number of fused-ring (bicyclic) bond motifs is 3. The third kappa shape index (κ3) is 5.83. The Labute approximate surface area is 369 Å². The van der Waals surface area contributed by atoms with Gasteiger partial charge < -0.3 is 4.57 Å². The van der Waals surface area contributed by atoms with E-state index in [2.05, 4.69) is 173 Å². The van der Waals surface area contributed by atoms with Crippen molar-refractivity contribution in [2.24, 2.45) is 0 Å². The second kappa shape index (κ2) is 14.5. The summed E-state index contributed by atoms with van der Waals surface area (Å²) in [6, 6.07) is 80.1. The largest absolute Gasteiger partial charge is 0.309 e. The average molecular weight is 816 g/mol. The van der Waals surface area contributed by atoms with Gasteiger partial charge in [-0.2, -0.15) is 9.97 Å². The highest BCUT2D eigenvalue weighted by molar-refractivity contribution is 6.25. The predicted molar refractivity (Wildman–Crippen MR) is 264 cm³/mol. The lowest BCUT2D eigenvalue weighted by atomic mass is 9.96. The lowest BCUT2D eigenvalue weighted by molar-refractivity contribution is 0.953. The Morgan fingerprint density at radius 2 is 0.797 bits per heavy atom. The fraction of sp³-hybridized carbons (Fsp3) is 0. The van der Waals surface area contributed by atoms with Crippen molar-refractivity contribution in [2.75, 3.05) is 0 Å². The number of rotatable bonds is 7. The van der Waals surface area contributed by atoms with Crippen LogP contribution in [-0.4, -0.2) is 24.1 Å². The summed E-state index contributed by atoms with van der Waals surface area (Å²) in [5, 5.41) is 7.28. The van der Waals surface area contributed by atoms with Gasteiger partial charge in [-0.3, -0.25) is 4.57 Å². The van der Waals surface area contributed by atoms with Crippen LogP contribution in [0.25, 0.3) is 122 Å². The number of hydrogen-bond acceptors (Lipinski definition) is 3. The quantitative estimate of drug-likeness (QED) is 0.151. The molecule has 0 aliphatic rings. The van der Waals surface area contributed by atoms with Gasteiger partial charge in [0.25, 0.3) is 0 Å². The van der Waals surface area contributed by atoms with Gasteiger partial charge in [-0.25, -0.2) is 4.98 Å². The van der Waals surface area contributed by atoms with E-state index in [0.29, 0.717) is 17.6 Å². The summed E-state index contributed by atoms with van der Waals surface area (Å²) in [6.45, 7) is 0. The Balaban J connectivity index is 1.03. The van der Waals surface area contributed by atoms with Crippen LogP contribution in [0.15, 0.2) is 224 Å². The van der Waals surface area contributed by atoms with Crippen molar-refractivity contribution in [1.82, 2.24) is 24.1 Å². The van der Waals surface area contributed by atoms with Gasteiger partial charge in [-0.05, 0) is 98.8 Å². The summed E-state index contributed by atoms with van der Waals surface area (Å²) in [6.07, 6.45) is 0. The first-order chi connectivity index (χ1) is 31.7. The molecule has 64 heavy (non-hydrogen) atoms. The van der Waals surface area contributed by atoms with Crippen molar-refractivity contribution >= 4 is 54.4 Å². The molecule has 0 unspecified atom stereocenters.